The Balaban J connectivity index is 1.43. The lowest BCUT2D eigenvalue weighted by Crippen LogP contribution is -2.27. The third kappa shape index (κ3) is 7.18. The van der Waals surface area contributed by atoms with E-state index in [1.54, 1.807) is 24.3 Å². The number of sulfonamides is 1. The molecule has 3 rings (SSSR count). The Morgan fingerprint density at radius 3 is 2.50 bits per heavy atom. The summed E-state index contributed by atoms with van der Waals surface area (Å²) < 4.78 is 28.0. The van der Waals surface area contributed by atoms with Gasteiger partial charge in [0.15, 0.2) is 0 Å². The van der Waals surface area contributed by atoms with E-state index >= 15 is 0 Å². The molecule has 3 aromatic rings. The molecule has 0 saturated heterocycles. The molecule has 170 valence electrons. The van der Waals surface area contributed by atoms with E-state index in [0.717, 1.165) is 17.0 Å². The molecule has 8 nitrogen and oxygen atoms in total. The maximum atomic E-state index is 12.7. The summed E-state index contributed by atoms with van der Waals surface area (Å²) in [7, 11) is -3.64. The number of hydrogen-bond acceptors (Lipinski definition) is 6. The number of benzene rings is 2. The Morgan fingerprint density at radius 2 is 1.84 bits per heavy atom. The van der Waals surface area contributed by atoms with Crippen LogP contribution in [0.1, 0.15) is 36.3 Å². The van der Waals surface area contributed by atoms with E-state index in [0.29, 0.717) is 30.3 Å². The third-order valence-electron chi connectivity index (χ3n) is 4.74. The van der Waals surface area contributed by atoms with E-state index in [1.165, 1.54) is 11.8 Å². The molecule has 1 aromatic heterocycles. The number of hydrogen-bond donors (Lipinski definition) is 3. The van der Waals surface area contributed by atoms with Gasteiger partial charge in [0.1, 0.15) is 5.82 Å². The van der Waals surface area contributed by atoms with Crippen LogP contribution in [0.3, 0.4) is 0 Å². The van der Waals surface area contributed by atoms with E-state index in [1.807, 2.05) is 44.2 Å². The highest BCUT2D eigenvalue weighted by Gasteiger charge is 2.18. The Hall–Kier alpha value is -2.69. The van der Waals surface area contributed by atoms with Crippen LogP contribution in [0.25, 0.3) is 0 Å². The second-order valence-corrected chi connectivity index (χ2v) is 10.1. The number of thioether (sulfide) groups is 1. The molecule has 0 spiro atoms. The highest BCUT2D eigenvalue weighted by Crippen LogP contribution is 2.18. The van der Waals surface area contributed by atoms with Crippen LogP contribution in [-0.2, 0) is 21.2 Å². The molecule has 2 aromatic carbocycles. The first kappa shape index (κ1) is 24.0. The smallest absolute Gasteiger partial charge is 0.241 e. The molecule has 0 fully saturated rings. The zero-order valence-corrected chi connectivity index (χ0v) is 19.7. The zero-order valence-electron chi connectivity index (χ0n) is 18.0. The molecule has 0 aliphatic carbocycles. The molecule has 0 aliphatic rings. The number of aromatic amines is 1. The lowest BCUT2D eigenvalue weighted by atomic mass is 10.1. The topological polar surface area (TPSA) is 117 Å². The first-order valence-corrected chi connectivity index (χ1v) is 12.7. The van der Waals surface area contributed by atoms with Gasteiger partial charge in [0.25, 0.3) is 0 Å². The summed E-state index contributed by atoms with van der Waals surface area (Å²) in [6.45, 7) is 4.17. The van der Waals surface area contributed by atoms with Crippen molar-refractivity contribution in [2.45, 2.75) is 42.8 Å². The highest BCUT2D eigenvalue weighted by molar-refractivity contribution is 7.99. The first-order chi connectivity index (χ1) is 15.3. The standard InChI is InChI=1S/C22H27N5O3S2/c1-16(19-6-4-3-5-7-19)27-32(29,30)20-11-8-18(9-12-20)10-13-21(28)23-14-15-31-22-24-17(2)25-26-22/h3-9,11-12,16,27H,10,13-15H2,1-2H3,(H,23,28)(H,24,25,26)/t16-/m0/s1. The Labute approximate surface area is 192 Å². The number of amides is 1. The summed E-state index contributed by atoms with van der Waals surface area (Å²) in [6.07, 6.45) is 0.868. The van der Waals surface area contributed by atoms with Crippen molar-refractivity contribution < 1.29 is 13.2 Å². The van der Waals surface area contributed by atoms with Crippen LogP contribution >= 0.6 is 11.8 Å². The van der Waals surface area contributed by atoms with Crippen molar-refractivity contribution in [2.24, 2.45) is 0 Å². The van der Waals surface area contributed by atoms with Gasteiger partial charge < -0.3 is 5.32 Å². The van der Waals surface area contributed by atoms with Gasteiger partial charge in [-0.2, -0.15) is 0 Å². The summed E-state index contributed by atoms with van der Waals surface area (Å²) in [6, 6.07) is 15.7. The fourth-order valence-electron chi connectivity index (χ4n) is 3.01. The molecule has 0 radical (unpaired) electrons. The molecule has 1 amide bonds. The summed E-state index contributed by atoms with van der Waals surface area (Å²) in [5.41, 5.74) is 1.80. The summed E-state index contributed by atoms with van der Waals surface area (Å²) in [5.74, 6) is 1.40. The number of rotatable bonds is 11. The number of aryl methyl sites for hydroxylation is 2. The van der Waals surface area contributed by atoms with Crippen molar-refractivity contribution in [3.05, 3.63) is 71.5 Å². The predicted molar refractivity (Wildman–Crippen MR) is 125 cm³/mol. The molecule has 10 heteroatoms. The molecule has 3 N–H and O–H groups in total. The highest BCUT2D eigenvalue weighted by atomic mass is 32.2. The van der Waals surface area contributed by atoms with Gasteiger partial charge in [0.2, 0.25) is 21.1 Å². The molecule has 1 heterocycles. The van der Waals surface area contributed by atoms with Gasteiger partial charge in [0, 0.05) is 24.8 Å². The predicted octanol–water partition coefficient (Wildman–Crippen LogP) is 2.99. The molecule has 0 aliphatic heterocycles. The minimum Gasteiger partial charge on any atom is -0.355 e. The van der Waals surface area contributed by atoms with Crippen molar-refractivity contribution in [1.29, 1.82) is 0 Å². The lowest BCUT2D eigenvalue weighted by Gasteiger charge is -2.15. The molecule has 1 atom stereocenters. The summed E-state index contributed by atoms with van der Waals surface area (Å²) in [4.78, 5) is 16.4. The maximum Gasteiger partial charge on any atom is 0.241 e. The minimum absolute atomic E-state index is 0.0492. The lowest BCUT2D eigenvalue weighted by molar-refractivity contribution is -0.120. The van der Waals surface area contributed by atoms with Gasteiger partial charge >= 0.3 is 0 Å². The van der Waals surface area contributed by atoms with Crippen LogP contribution in [0.4, 0.5) is 0 Å². The van der Waals surface area contributed by atoms with Crippen molar-refractivity contribution in [2.75, 3.05) is 12.3 Å². The van der Waals surface area contributed by atoms with E-state index in [9.17, 15) is 13.2 Å². The number of aromatic nitrogens is 3. The third-order valence-corrected chi connectivity index (χ3v) is 7.14. The normalized spacial score (nSPS) is 12.4. The molecule has 0 saturated carbocycles. The van der Waals surface area contributed by atoms with Crippen LogP contribution < -0.4 is 10.0 Å². The first-order valence-electron chi connectivity index (χ1n) is 10.3. The fourth-order valence-corrected chi connectivity index (χ4v) is 4.94. The SMILES string of the molecule is Cc1nc(SCCNC(=O)CCc2ccc(S(=O)(=O)N[C@@H](C)c3ccccc3)cc2)n[nH]1. The molecule has 0 bridgehead atoms. The molecule has 32 heavy (non-hydrogen) atoms. The van der Waals surface area contributed by atoms with Crippen LogP contribution in [0.2, 0.25) is 0 Å². The van der Waals surface area contributed by atoms with Crippen molar-refractivity contribution in [3.63, 3.8) is 0 Å². The molecule has 0 unspecified atom stereocenters. The monoisotopic (exact) mass is 473 g/mol. The average molecular weight is 474 g/mol. The van der Waals surface area contributed by atoms with Crippen LogP contribution in [-0.4, -0.2) is 41.8 Å². The number of nitrogens with zero attached hydrogens (tertiary/aromatic N) is 2. The molecular formula is C22H27N5O3S2. The van der Waals surface area contributed by atoms with Gasteiger partial charge in [-0.3, -0.25) is 9.89 Å². The van der Waals surface area contributed by atoms with Crippen LogP contribution in [0, 0.1) is 6.92 Å². The number of H-pyrrole nitrogens is 1. The minimum atomic E-state index is -3.64. The van der Waals surface area contributed by atoms with Gasteiger partial charge in [-0.15, -0.1) is 5.10 Å². The second-order valence-electron chi connectivity index (χ2n) is 7.30. The van der Waals surface area contributed by atoms with Gasteiger partial charge in [0.05, 0.1) is 4.90 Å². The summed E-state index contributed by atoms with van der Waals surface area (Å²) >= 11 is 1.47. The van der Waals surface area contributed by atoms with Gasteiger partial charge in [-0.1, -0.05) is 54.2 Å². The largest absolute Gasteiger partial charge is 0.355 e. The van der Waals surface area contributed by atoms with Crippen molar-refractivity contribution in [1.82, 2.24) is 25.2 Å². The van der Waals surface area contributed by atoms with E-state index in [4.69, 9.17) is 0 Å². The van der Waals surface area contributed by atoms with E-state index < -0.39 is 10.0 Å². The van der Waals surface area contributed by atoms with Crippen molar-refractivity contribution >= 4 is 27.7 Å². The van der Waals surface area contributed by atoms with Gasteiger partial charge in [-0.05, 0) is 43.5 Å². The number of carbonyl (C=O) groups excluding carboxylic acids is 1. The average Bonchev–Trinajstić information content (AvgIpc) is 3.21. The van der Waals surface area contributed by atoms with Crippen LogP contribution in [0.5, 0.6) is 0 Å². The quantitative estimate of drug-likeness (QED) is 0.291. The van der Waals surface area contributed by atoms with E-state index in [2.05, 4.69) is 25.2 Å². The number of carbonyl (C=O) groups is 1. The fraction of sp³-hybridized carbons (Fsp3) is 0.318. The second kappa shape index (κ2) is 11.3. The zero-order chi connectivity index (χ0) is 23.0. The maximum absolute atomic E-state index is 12.7. The Morgan fingerprint density at radius 1 is 1.12 bits per heavy atom. The summed E-state index contributed by atoms with van der Waals surface area (Å²) in [5, 5.41) is 10.3. The Bertz CT molecular complexity index is 1120. The van der Waals surface area contributed by atoms with Crippen LogP contribution in [0.15, 0.2) is 64.6 Å². The van der Waals surface area contributed by atoms with E-state index in [-0.39, 0.29) is 16.8 Å². The molecular weight excluding hydrogens is 446 g/mol. The van der Waals surface area contributed by atoms with Crippen molar-refractivity contribution in [3.8, 4) is 0 Å². The Kier molecular flexibility index (Phi) is 8.43. The number of nitrogens with one attached hydrogen (secondary N) is 3. The van der Waals surface area contributed by atoms with Gasteiger partial charge in [-0.25, -0.2) is 18.1 Å².